The molecule has 2 aliphatic rings. The molecule has 0 radical (unpaired) electrons. The van der Waals surface area contributed by atoms with Gasteiger partial charge in [0.1, 0.15) is 17.1 Å². The zero-order valence-corrected chi connectivity index (χ0v) is 20.9. The molecule has 3 heterocycles. The van der Waals surface area contributed by atoms with Gasteiger partial charge >= 0.3 is 17.1 Å². The lowest BCUT2D eigenvalue weighted by atomic mass is 10.0. The molecule has 1 aromatic carbocycles. The molecule has 0 spiro atoms. The summed E-state index contributed by atoms with van der Waals surface area (Å²) < 4.78 is 6.11. The van der Waals surface area contributed by atoms with Crippen molar-refractivity contribution in [1.29, 1.82) is 0 Å². The molecule has 0 bridgehead atoms. The quantitative estimate of drug-likeness (QED) is 0.154. The van der Waals surface area contributed by atoms with Gasteiger partial charge in [-0.2, -0.15) is 0 Å². The van der Waals surface area contributed by atoms with E-state index in [2.05, 4.69) is 15.5 Å². The van der Waals surface area contributed by atoms with Gasteiger partial charge in [-0.1, -0.05) is 42.1 Å². The second kappa shape index (κ2) is 11.0. The number of hydrogen-bond acceptors (Lipinski definition) is 10. The van der Waals surface area contributed by atoms with E-state index in [4.69, 9.17) is 4.74 Å². The third kappa shape index (κ3) is 5.04. The smallest absolute Gasteiger partial charge is 0.352 e. The molecule has 1 saturated heterocycles. The summed E-state index contributed by atoms with van der Waals surface area (Å²) in [6.45, 7) is 2.01. The molecule has 2 aliphatic heterocycles. The standard InChI is InChI=1S/C22H21N5O8S2/c1-2-26-19(32)17(30)24-25-22(26)37-9-12-8-36-20-13(18(31)27(20)14(12)21(33)34)23-16(29)15(35-10-28)11-6-4-3-5-7-11/h3-7,10,13,15,20H,2,8-9H2,1H3,(H,23,29)(H,24,30)(H,33,34)/t13?,15?,20-/m0/s1. The fourth-order valence-electron chi connectivity index (χ4n) is 3.96. The van der Waals surface area contributed by atoms with Crippen molar-refractivity contribution in [2.24, 2.45) is 0 Å². The van der Waals surface area contributed by atoms with Crippen molar-refractivity contribution in [3.63, 3.8) is 0 Å². The number of aromatic nitrogens is 3. The highest BCUT2D eigenvalue weighted by Crippen LogP contribution is 2.41. The third-order valence-corrected chi connectivity index (χ3v) is 8.10. The number of carboxylic acid groups (broad SMARTS) is 1. The largest absolute Gasteiger partial charge is 0.477 e. The average molecular weight is 548 g/mol. The molecule has 4 rings (SSSR count). The van der Waals surface area contributed by atoms with Crippen molar-refractivity contribution in [3.05, 3.63) is 67.9 Å². The van der Waals surface area contributed by atoms with Crippen LogP contribution in [0.4, 0.5) is 0 Å². The molecule has 0 saturated carbocycles. The van der Waals surface area contributed by atoms with Crippen LogP contribution in [0, 0.1) is 0 Å². The summed E-state index contributed by atoms with van der Waals surface area (Å²) in [7, 11) is 0. The highest BCUT2D eigenvalue weighted by atomic mass is 32.2. The molecule has 37 heavy (non-hydrogen) atoms. The summed E-state index contributed by atoms with van der Waals surface area (Å²) >= 11 is 2.33. The maximum absolute atomic E-state index is 13.0. The molecule has 3 atom stereocenters. The summed E-state index contributed by atoms with van der Waals surface area (Å²) in [6, 6.07) is 7.26. The van der Waals surface area contributed by atoms with Crippen LogP contribution in [0.2, 0.25) is 0 Å². The summed E-state index contributed by atoms with van der Waals surface area (Å²) in [4.78, 5) is 73.5. The van der Waals surface area contributed by atoms with Crippen LogP contribution in [0.25, 0.3) is 0 Å². The predicted molar refractivity (Wildman–Crippen MR) is 132 cm³/mol. The molecule has 2 aromatic rings. The minimum atomic E-state index is -1.31. The fourth-order valence-corrected chi connectivity index (χ4v) is 6.45. The number of carboxylic acids is 1. The molecule has 1 aromatic heterocycles. The highest BCUT2D eigenvalue weighted by molar-refractivity contribution is 8.01. The predicted octanol–water partition coefficient (Wildman–Crippen LogP) is -0.303. The zero-order valence-electron chi connectivity index (χ0n) is 19.3. The number of rotatable bonds is 10. The van der Waals surface area contributed by atoms with Gasteiger partial charge in [0.25, 0.3) is 18.3 Å². The Morgan fingerprint density at radius 3 is 2.70 bits per heavy atom. The number of hydrogen-bond donors (Lipinski definition) is 3. The number of aliphatic carboxylic acids is 1. The van der Waals surface area contributed by atoms with Crippen LogP contribution in [0.5, 0.6) is 0 Å². The Morgan fingerprint density at radius 1 is 1.32 bits per heavy atom. The highest BCUT2D eigenvalue weighted by Gasteiger charge is 2.54. The van der Waals surface area contributed by atoms with Crippen LogP contribution < -0.4 is 16.4 Å². The van der Waals surface area contributed by atoms with Gasteiger partial charge in [-0.3, -0.25) is 33.4 Å². The lowest BCUT2D eigenvalue weighted by Crippen LogP contribution is -2.71. The van der Waals surface area contributed by atoms with E-state index >= 15 is 0 Å². The lowest BCUT2D eigenvalue weighted by molar-refractivity contribution is -0.154. The number of nitrogens with one attached hydrogen (secondary N) is 2. The topological polar surface area (TPSA) is 181 Å². The monoisotopic (exact) mass is 547 g/mol. The normalized spacial score (nSPS) is 19.5. The van der Waals surface area contributed by atoms with Gasteiger partial charge < -0.3 is 15.2 Å². The van der Waals surface area contributed by atoms with Crippen LogP contribution in [-0.2, 0) is 30.5 Å². The van der Waals surface area contributed by atoms with E-state index in [1.807, 2.05) is 0 Å². The first kappa shape index (κ1) is 26.2. The van der Waals surface area contributed by atoms with Gasteiger partial charge in [-0.05, 0) is 12.5 Å². The molecule has 1 fully saturated rings. The van der Waals surface area contributed by atoms with E-state index in [-0.39, 0.29) is 35.4 Å². The molecule has 2 unspecified atom stereocenters. The van der Waals surface area contributed by atoms with E-state index in [9.17, 15) is 33.9 Å². The number of ether oxygens (including phenoxy) is 1. The average Bonchev–Trinajstić information content (AvgIpc) is 2.90. The van der Waals surface area contributed by atoms with Gasteiger partial charge in [0.15, 0.2) is 5.16 Å². The van der Waals surface area contributed by atoms with Crippen LogP contribution in [0.15, 0.2) is 56.3 Å². The van der Waals surface area contributed by atoms with Gasteiger partial charge in [0.2, 0.25) is 6.10 Å². The third-order valence-electron chi connectivity index (χ3n) is 5.69. The first-order chi connectivity index (χ1) is 17.8. The lowest BCUT2D eigenvalue weighted by Gasteiger charge is -2.49. The number of carbonyl (C=O) groups excluding carboxylic acids is 3. The number of benzene rings is 1. The molecule has 2 amide bonds. The Balaban J connectivity index is 1.51. The zero-order chi connectivity index (χ0) is 26.7. The Kier molecular flexibility index (Phi) is 7.83. The molecular weight excluding hydrogens is 526 g/mol. The Morgan fingerprint density at radius 2 is 2.05 bits per heavy atom. The van der Waals surface area contributed by atoms with Crippen molar-refractivity contribution in [3.8, 4) is 0 Å². The SMILES string of the molecule is CCn1c(SCC2=C(C(=O)O)N3C(=O)C(NC(=O)C(OC=O)c4ccccc4)[C@@H]3SC2)n[nH]c(=O)c1=O. The Bertz CT molecular complexity index is 1390. The number of fused-ring (bicyclic) bond motifs is 1. The molecule has 3 N–H and O–H groups in total. The first-order valence-corrected chi connectivity index (χ1v) is 13.0. The van der Waals surface area contributed by atoms with Crippen molar-refractivity contribution >= 4 is 47.8 Å². The molecule has 194 valence electrons. The van der Waals surface area contributed by atoms with E-state index in [1.165, 1.54) is 16.3 Å². The minimum Gasteiger partial charge on any atom is -0.477 e. The maximum atomic E-state index is 13.0. The second-order valence-corrected chi connectivity index (χ2v) is 9.90. The summed E-state index contributed by atoms with van der Waals surface area (Å²) in [5, 5.41) is 18.0. The van der Waals surface area contributed by atoms with Crippen LogP contribution >= 0.6 is 23.5 Å². The van der Waals surface area contributed by atoms with Crippen LogP contribution in [0.1, 0.15) is 18.6 Å². The van der Waals surface area contributed by atoms with Crippen LogP contribution in [0.3, 0.4) is 0 Å². The summed E-state index contributed by atoms with van der Waals surface area (Å²) in [6.07, 6.45) is -1.27. The number of carbonyl (C=O) groups is 4. The van der Waals surface area contributed by atoms with E-state index < -0.39 is 46.4 Å². The maximum Gasteiger partial charge on any atom is 0.352 e. The Labute approximate surface area is 217 Å². The molecule has 13 nitrogen and oxygen atoms in total. The van der Waals surface area contributed by atoms with Gasteiger partial charge in [0.05, 0.1) is 0 Å². The van der Waals surface area contributed by atoms with E-state index in [0.717, 1.165) is 16.7 Å². The number of aromatic amines is 1. The number of β-lactam (4-membered cyclic amide) rings is 1. The minimum absolute atomic E-state index is 0.101. The molecule has 15 heteroatoms. The fraction of sp³-hybridized carbons (Fsp3) is 0.318. The number of thioether (sulfide) groups is 2. The second-order valence-electron chi connectivity index (χ2n) is 7.85. The summed E-state index contributed by atoms with van der Waals surface area (Å²) in [5.41, 5.74) is -0.995. The number of amides is 2. The van der Waals surface area contributed by atoms with Gasteiger partial charge in [-0.15, -0.1) is 16.9 Å². The summed E-state index contributed by atoms with van der Waals surface area (Å²) in [5.74, 6) is -2.30. The van der Waals surface area contributed by atoms with Crippen molar-refractivity contribution < 1.29 is 29.0 Å². The van der Waals surface area contributed by atoms with Crippen molar-refractivity contribution in [2.45, 2.75) is 36.1 Å². The van der Waals surface area contributed by atoms with Gasteiger partial charge in [0, 0.05) is 23.6 Å². The number of H-pyrrole nitrogens is 1. The van der Waals surface area contributed by atoms with Crippen LogP contribution in [-0.4, -0.2) is 71.9 Å². The van der Waals surface area contributed by atoms with Crippen molar-refractivity contribution in [1.82, 2.24) is 25.0 Å². The molecular formula is C22H21N5O8S2. The van der Waals surface area contributed by atoms with Gasteiger partial charge in [-0.25, -0.2) is 9.89 Å². The Hall–Kier alpha value is -3.85. The van der Waals surface area contributed by atoms with Crippen molar-refractivity contribution in [2.75, 3.05) is 11.5 Å². The number of nitrogens with zero attached hydrogens (tertiary/aromatic N) is 3. The first-order valence-electron chi connectivity index (χ1n) is 10.9. The van der Waals surface area contributed by atoms with E-state index in [0.29, 0.717) is 11.1 Å². The molecule has 0 aliphatic carbocycles. The van der Waals surface area contributed by atoms with E-state index in [1.54, 1.807) is 37.3 Å².